The first-order valence-corrected chi connectivity index (χ1v) is 11.0. The number of ether oxygens (including phenoxy) is 1. The van der Waals surface area contributed by atoms with Gasteiger partial charge in [0.25, 0.3) is 11.8 Å². The fourth-order valence-corrected chi connectivity index (χ4v) is 3.75. The number of aromatic nitrogens is 3. The van der Waals surface area contributed by atoms with Gasteiger partial charge in [-0.1, -0.05) is 12.1 Å². The number of rotatable bonds is 7. The minimum atomic E-state index is -0.198. The Morgan fingerprint density at radius 1 is 1.12 bits per heavy atom. The van der Waals surface area contributed by atoms with Crippen molar-refractivity contribution in [2.45, 2.75) is 20.5 Å². The highest BCUT2D eigenvalue weighted by Gasteiger charge is 2.16. The van der Waals surface area contributed by atoms with Crippen molar-refractivity contribution in [2.75, 3.05) is 20.6 Å². The zero-order chi connectivity index (χ0) is 24.2. The summed E-state index contributed by atoms with van der Waals surface area (Å²) in [6.45, 7) is 4.65. The van der Waals surface area contributed by atoms with Crippen molar-refractivity contribution >= 4 is 17.5 Å². The maximum absolute atomic E-state index is 12.3. The smallest absolute Gasteiger partial charge is 0.269 e. The van der Waals surface area contributed by atoms with Gasteiger partial charge in [0.15, 0.2) is 11.4 Å². The Bertz CT molecular complexity index is 1340. The van der Waals surface area contributed by atoms with Gasteiger partial charge in [-0.05, 0) is 55.8 Å². The van der Waals surface area contributed by atoms with Crippen LogP contribution in [0.5, 0.6) is 5.75 Å². The molecule has 1 N–H and O–H groups in total. The van der Waals surface area contributed by atoms with Crippen molar-refractivity contribution in [1.29, 1.82) is 0 Å². The van der Waals surface area contributed by atoms with E-state index in [1.165, 1.54) is 0 Å². The Labute approximate surface area is 198 Å². The van der Waals surface area contributed by atoms with Crippen molar-refractivity contribution in [3.8, 4) is 17.0 Å². The van der Waals surface area contributed by atoms with E-state index in [0.29, 0.717) is 35.8 Å². The molecule has 0 atom stereocenters. The molecule has 0 fully saturated rings. The summed E-state index contributed by atoms with van der Waals surface area (Å²) < 4.78 is 8.06. The number of nitrogens with one attached hydrogen (secondary N) is 1. The predicted molar refractivity (Wildman–Crippen MR) is 130 cm³/mol. The lowest BCUT2D eigenvalue weighted by atomic mass is 10.1. The zero-order valence-electron chi connectivity index (χ0n) is 19.7. The lowest BCUT2D eigenvalue weighted by Gasteiger charge is -2.12. The summed E-state index contributed by atoms with van der Waals surface area (Å²) in [6, 6.07) is 14.8. The van der Waals surface area contributed by atoms with Crippen molar-refractivity contribution in [3.63, 3.8) is 0 Å². The second kappa shape index (κ2) is 9.74. The number of carbonyl (C=O) groups is 2. The number of hydrogen-bond donors (Lipinski definition) is 1. The molecule has 4 aromatic rings. The summed E-state index contributed by atoms with van der Waals surface area (Å²) >= 11 is 0. The molecule has 0 aliphatic carbocycles. The molecule has 0 saturated heterocycles. The topological polar surface area (TPSA) is 88.8 Å². The highest BCUT2D eigenvalue weighted by molar-refractivity contribution is 5.94. The first kappa shape index (κ1) is 23.0. The SMILES string of the molecule is CCNC(=O)c1ccc(-c2c(C)nc3c(OCc4cccc(C(=O)N(C)C)c4)cccn23)cn1. The number of imidazole rings is 1. The van der Waals surface area contributed by atoms with E-state index in [-0.39, 0.29) is 11.8 Å². The average Bonchev–Trinajstić information content (AvgIpc) is 3.19. The highest BCUT2D eigenvalue weighted by Crippen LogP contribution is 2.29. The lowest BCUT2D eigenvalue weighted by molar-refractivity contribution is 0.0827. The third-order valence-corrected chi connectivity index (χ3v) is 5.37. The van der Waals surface area contributed by atoms with E-state index in [2.05, 4.69) is 10.3 Å². The molecule has 1 aromatic carbocycles. The lowest BCUT2D eigenvalue weighted by Crippen LogP contribution is -2.23. The highest BCUT2D eigenvalue weighted by atomic mass is 16.5. The Balaban J connectivity index is 1.60. The molecule has 8 nitrogen and oxygen atoms in total. The van der Waals surface area contributed by atoms with Crippen LogP contribution >= 0.6 is 0 Å². The zero-order valence-corrected chi connectivity index (χ0v) is 19.7. The number of fused-ring (bicyclic) bond motifs is 1. The quantitative estimate of drug-likeness (QED) is 0.457. The maximum atomic E-state index is 12.3. The largest absolute Gasteiger partial charge is 0.485 e. The summed E-state index contributed by atoms with van der Waals surface area (Å²) in [5, 5.41) is 2.75. The van der Waals surface area contributed by atoms with Gasteiger partial charge in [0, 0.05) is 44.2 Å². The first-order valence-electron chi connectivity index (χ1n) is 11.0. The van der Waals surface area contributed by atoms with Crippen LogP contribution in [0.4, 0.5) is 0 Å². The third-order valence-electron chi connectivity index (χ3n) is 5.37. The van der Waals surface area contributed by atoms with Gasteiger partial charge in [-0.3, -0.25) is 19.0 Å². The molecule has 34 heavy (non-hydrogen) atoms. The van der Waals surface area contributed by atoms with E-state index in [9.17, 15) is 9.59 Å². The fourth-order valence-electron chi connectivity index (χ4n) is 3.75. The van der Waals surface area contributed by atoms with Crippen LogP contribution in [0, 0.1) is 6.92 Å². The average molecular weight is 458 g/mol. The van der Waals surface area contributed by atoms with Gasteiger partial charge in [-0.2, -0.15) is 0 Å². The monoisotopic (exact) mass is 457 g/mol. The molecule has 0 radical (unpaired) electrons. The Morgan fingerprint density at radius 2 is 1.94 bits per heavy atom. The number of carbonyl (C=O) groups excluding carboxylic acids is 2. The van der Waals surface area contributed by atoms with Gasteiger partial charge < -0.3 is 15.0 Å². The third kappa shape index (κ3) is 4.61. The number of benzene rings is 1. The van der Waals surface area contributed by atoms with Gasteiger partial charge in [0.05, 0.1) is 11.4 Å². The predicted octanol–water partition coefficient (Wildman–Crippen LogP) is 3.74. The summed E-state index contributed by atoms with van der Waals surface area (Å²) in [6.07, 6.45) is 3.60. The van der Waals surface area contributed by atoms with Gasteiger partial charge in [0.1, 0.15) is 12.3 Å². The molecule has 3 heterocycles. The van der Waals surface area contributed by atoms with E-state index < -0.39 is 0 Å². The molecular weight excluding hydrogens is 430 g/mol. The molecule has 8 heteroatoms. The van der Waals surface area contributed by atoms with Crippen LogP contribution in [0.25, 0.3) is 16.9 Å². The molecule has 174 valence electrons. The molecule has 0 bridgehead atoms. The van der Waals surface area contributed by atoms with E-state index >= 15 is 0 Å². The van der Waals surface area contributed by atoms with E-state index in [4.69, 9.17) is 9.72 Å². The number of amides is 2. The number of nitrogens with zero attached hydrogens (tertiary/aromatic N) is 4. The van der Waals surface area contributed by atoms with Crippen LogP contribution in [0.1, 0.15) is 39.0 Å². The molecule has 0 unspecified atom stereocenters. The molecule has 2 amide bonds. The van der Waals surface area contributed by atoms with E-state index in [1.807, 2.05) is 60.8 Å². The number of aryl methyl sites for hydroxylation is 1. The number of pyridine rings is 2. The van der Waals surface area contributed by atoms with Crippen molar-refractivity contribution < 1.29 is 14.3 Å². The first-order chi connectivity index (χ1) is 16.4. The summed E-state index contributed by atoms with van der Waals surface area (Å²) in [5.41, 5.74) is 5.12. The van der Waals surface area contributed by atoms with Crippen molar-refractivity contribution in [3.05, 3.63) is 83.4 Å². The minimum Gasteiger partial charge on any atom is -0.485 e. The van der Waals surface area contributed by atoms with Crippen molar-refractivity contribution in [2.24, 2.45) is 0 Å². The normalized spacial score (nSPS) is 10.8. The van der Waals surface area contributed by atoms with Crippen LogP contribution in [0.3, 0.4) is 0 Å². The van der Waals surface area contributed by atoms with Gasteiger partial charge in [-0.25, -0.2) is 4.98 Å². The van der Waals surface area contributed by atoms with Gasteiger partial charge in [-0.15, -0.1) is 0 Å². The Morgan fingerprint density at radius 3 is 2.65 bits per heavy atom. The van der Waals surface area contributed by atoms with Gasteiger partial charge in [0.2, 0.25) is 0 Å². The Kier molecular flexibility index (Phi) is 6.58. The molecule has 4 rings (SSSR count). The molecule has 0 spiro atoms. The van der Waals surface area contributed by atoms with Crippen LogP contribution in [0.2, 0.25) is 0 Å². The van der Waals surface area contributed by atoms with Crippen LogP contribution in [-0.2, 0) is 6.61 Å². The molecule has 0 saturated carbocycles. The van der Waals surface area contributed by atoms with E-state index in [0.717, 1.165) is 22.5 Å². The molecule has 0 aliphatic rings. The standard InChI is InChI=1S/C26H27N5O3/c1-5-27-25(32)21-12-11-20(15-28-21)23-17(2)29-24-22(10-7-13-31(23)24)34-16-18-8-6-9-19(14-18)26(33)30(3)4/h6-15H,5,16H2,1-4H3,(H,27,32). The van der Waals surface area contributed by atoms with E-state index in [1.54, 1.807) is 37.3 Å². The van der Waals surface area contributed by atoms with Crippen molar-refractivity contribution in [1.82, 2.24) is 24.6 Å². The molecular formula is C26H27N5O3. The summed E-state index contributed by atoms with van der Waals surface area (Å²) in [5.74, 6) is 0.383. The van der Waals surface area contributed by atoms with Crippen LogP contribution < -0.4 is 10.1 Å². The number of hydrogen-bond acceptors (Lipinski definition) is 5. The molecule has 0 aliphatic heterocycles. The maximum Gasteiger partial charge on any atom is 0.269 e. The second-order valence-electron chi connectivity index (χ2n) is 8.09. The molecule has 3 aromatic heterocycles. The van der Waals surface area contributed by atoms with Gasteiger partial charge >= 0.3 is 0 Å². The summed E-state index contributed by atoms with van der Waals surface area (Å²) in [7, 11) is 3.46. The summed E-state index contributed by atoms with van der Waals surface area (Å²) in [4.78, 5) is 34.9. The fraction of sp³-hybridized carbons (Fsp3) is 0.231. The van der Waals surface area contributed by atoms with Crippen LogP contribution in [-0.4, -0.2) is 51.7 Å². The minimum absolute atomic E-state index is 0.0516. The second-order valence-corrected chi connectivity index (χ2v) is 8.09. The Hall–Kier alpha value is -4.20. The van der Waals surface area contributed by atoms with Crippen LogP contribution in [0.15, 0.2) is 60.9 Å².